The third-order valence-electron chi connectivity index (χ3n) is 3.57. The van der Waals surface area contributed by atoms with Gasteiger partial charge in [0, 0.05) is 12.3 Å². The molecule has 0 bridgehead atoms. The summed E-state index contributed by atoms with van der Waals surface area (Å²) in [6.07, 6.45) is 1.63. The molecule has 2 amide bonds. The molecule has 0 radical (unpaired) electrons. The Balaban J connectivity index is 1.82. The van der Waals surface area contributed by atoms with Gasteiger partial charge in [-0.15, -0.1) is 0 Å². The van der Waals surface area contributed by atoms with E-state index in [4.69, 9.17) is 0 Å². The summed E-state index contributed by atoms with van der Waals surface area (Å²) in [7, 11) is 0. The molecule has 1 atom stereocenters. The first-order chi connectivity index (χ1) is 12.1. The molecule has 1 heterocycles. The van der Waals surface area contributed by atoms with Crippen molar-refractivity contribution in [2.45, 2.75) is 6.04 Å². The molecule has 0 aliphatic heterocycles. The number of hydrogen-bond donors (Lipinski definition) is 2. The van der Waals surface area contributed by atoms with Crippen LogP contribution in [0.5, 0.6) is 0 Å². The molecule has 25 heavy (non-hydrogen) atoms. The first kappa shape index (κ1) is 16.6. The van der Waals surface area contributed by atoms with E-state index >= 15 is 0 Å². The maximum Gasteiger partial charge on any atom is 0.320 e. The van der Waals surface area contributed by atoms with Gasteiger partial charge in [0.1, 0.15) is 11.6 Å². The molecular formula is C19H15F2N3O. The van der Waals surface area contributed by atoms with Crippen molar-refractivity contribution >= 4 is 11.7 Å². The lowest BCUT2D eigenvalue weighted by Gasteiger charge is -2.19. The molecule has 4 nitrogen and oxygen atoms in total. The van der Waals surface area contributed by atoms with Gasteiger partial charge in [-0.25, -0.2) is 13.6 Å². The van der Waals surface area contributed by atoms with Crippen LogP contribution in [0.1, 0.15) is 17.3 Å². The highest BCUT2D eigenvalue weighted by molar-refractivity contribution is 5.89. The number of nitrogens with one attached hydrogen (secondary N) is 2. The average Bonchev–Trinajstić information content (AvgIpc) is 2.63. The molecule has 0 saturated heterocycles. The summed E-state index contributed by atoms with van der Waals surface area (Å²) in [6.45, 7) is 0. The van der Waals surface area contributed by atoms with E-state index in [2.05, 4.69) is 15.6 Å². The van der Waals surface area contributed by atoms with E-state index in [1.165, 1.54) is 6.07 Å². The molecule has 2 aromatic carbocycles. The van der Waals surface area contributed by atoms with Gasteiger partial charge in [-0.3, -0.25) is 4.98 Å². The van der Waals surface area contributed by atoms with Crippen LogP contribution in [-0.4, -0.2) is 11.0 Å². The number of carbonyl (C=O) groups excluding carboxylic acids is 1. The number of pyridine rings is 1. The molecule has 3 aromatic rings. The van der Waals surface area contributed by atoms with E-state index in [1.807, 2.05) is 36.4 Å². The Bertz CT molecular complexity index is 818. The van der Waals surface area contributed by atoms with Crippen LogP contribution in [0.2, 0.25) is 0 Å². The lowest BCUT2D eigenvalue weighted by atomic mass is 10.0. The lowest BCUT2D eigenvalue weighted by Crippen LogP contribution is -2.33. The molecule has 126 valence electrons. The second kappa shape index (κ2) is 7.53. The topological polar surface area (TPSA) is 54.0 Å². The van der Waals surface area contributed by atoms with Crippen LogP contribution in [0.3, 0.4) is 0 Å². The molecular weight excluding hydrogens is 324 g/mol. The Morgan fingerprint density at radius 2 is 1.72 bits per heavy atom. The monoisotopic (exact) mass is 339 g/mol. The first-order valence-electron chi connectivity index (χ1n) is 7.62. The van der Waals surface area contributed by atoms with Crippen LogP contribution >= 0.6 is 0 Å². The standard InChI is InChI=1S/C19H15F2N3O/c20-14-9-10-16(15(21)12-14)23-19(25)24-18(13-6-2-1-3-7-13)17-8-4-5-11-22-17/h1-12,18H,(H2,23,24,25). The lowest BCUT2D eigenvalue weighted by molar-refractivity contribution is 0.249. The van der Waals surface area contributed by atoms with Crippen LogP contribution < -0.4 is 10.6 Å². The van der Waals surface area contributed by atoms with Gasteiger partial charge in [-0.05, 0) is 29.8 Å². The number of amides is 2. The molecule has 0 aliphatic carbocycles. The highest BCUT2D eigenvalue weighted by Gasteiger charge is 2.18. The minimum Gasteiger partial charge on any atom is -0.325 e. The summed E-state index contributed by atoms with van der Waals surface area (Å²) in [4.78, 5) is 16.6. The van der Waals surface area contributed by atoms with E-state index in [9.17, 15) is 13.6 Å². The third kappa shape index (κ3) is 4.17. The number of urea groups is 1. The number of benzene rings is 2. The van der Waals surface area contributed by atoms with Crippen molar-refractivity contribution in [3.63, 3.8) is 0 Å². The van der Waals surface area contributed by atoms with Crippen molar-refractivity contribution in [2.75, 3.05) is 5.32 Å². The Labute approximate surface area is 143 Å². The minimum absolute atomic E-state index is 0.105. The van der Waals surface area contributed by atoms with Crippen LogP contribution in [0, 0.1) is 11.6 Å². The zero-order chi connectivity index (χ0) is 17.6. The van der Waals surface area contributed by atoms with Crippen LogP contribution in [0.15, 0.2) is 72.9 Å². The predicted molar refractivity (Wildman–Crippen MR) is 91.0 cm³/mol. The van der Waals surface area contributed by atoms with Crippen molar-refractivity contribution < 1.29 is 13.6 Å². The Hall–Kier alpha value is -3.28. The number of halogens is 2. The van der Waals surface area contributed by atoms with Gasteiger partial charge in [0.25, 0.3) is 0 Å². The van der Waals surface area contributed by atoms with Crippen LogP contribution in [0.25, 0.3) is 0 Å². The second-order valence-electron chi connectivity index (χ2n) is 5.32. The Morgan fingerprint density at radius 3 is 2.40 bits per heavy atom. The van der Waals surface area contributed by atoms with Gasteiger partial charge >= 0.3 is 6.03 Å². The SMILES string of the molecule is O=C(Nc1ccc(F)cc1F)NC(c1ccccc1)c1ccccn1. The largest absolute Gasteiger partial charge is 0.325 e. The summed E-state index contributed by atoms with van der Waals surface area (Å²) in [5.74, 6) is -1.55. The number of aromatic nitrogens is 1. The van der Waals surface area contributed by atoms with Crippen molar-refractivity contribution in [2.24, 2.45) is 0 Å². The van der Waals surface area contributed by atoms with Crippen LogP contribution in [0.4, 0.5) is 19.3 Å². The molecule has 3 rings (SSSR count). The van der Waals surface area contributed by atoms with E-state index < -0.39 is 23.7 Å². The Kier molecular flexibility index (Phi) is 4.99. The minimum atomic E-state index is -0.843. The summed E-state index contributed by atoms with van der Waals surface area (Å²) >= 11 is 0. The number of carbonyl (C=O) groups is 1. The molecule has 0 fully saturated rings. The van der Waals surface area contributed by atoms with Gasteiger partial charge in [0.15, 0.2) is 0 Å². The highest BCUT2D eigenvalue weighted by atomic mass is 19.1. The average molecular weight is 339 g/mol. The molecule has 2 N–H and O–H groups in total. The smallest absolute Gasteiger partial charge is 0.320 e. The molecule has 1 aromatic heterocycles. The second-order valence-corrected chi connectivity index (χ2v) is 5.32. The maximum absolute atomic E-state index is 13.7. The zero-order valence-corrected chi connectivity index (χ0v) is 13.1. The maximum atomic E-state index is 13.7. The van der Waals surface area contributed by atoms with Gasteiger partial charge in [-0.1, -0.05) is 36.4 Å². The number of anilines is 1. The van der Waals surface area contributed by atoms with E-state index in [0.717, 1.165) is 11.6 Å². The summed E-state index contributed by atoms with van der Waals surface area (Å²) in [5, 5.41) is 5.15. The fourth-order valence-electron chi connectivity index (χ4n) is 2.40. The zero-order valence-electron chi connectivity index (χ0n) is 13.1. The van der Waals surface area contributed by atoms with E-state index in [-0.39, 0.29) is 5.69 Å². The normalized spacial score (nSPS) is 11.6. The molecule has 6 heteroatoms. The van der Waals surface area contributed by atoms with Gasteiger partial charge in [-0.2, -0.15) is 0 Å². The highest BCUT2D eigenvalue weighted by Crippen LogP contribution is 2.21. The van der Waals surface area contributed by atoms with Crippen molar-refractivity contribution in [3.05, 3.63) is 95.8 Å². The first-order valence-corrected chi connectivity index (χ1v) is 7.62. The molecule has 1 unspecified atom stereocenters. The van der Waals surface area contributed by atoms with E-state index in [0.29, 0.717) is 11.8 Å². The van der Waals surface area contributed by atoms with Crippen molar-refractivity contribution in [3.8, 4) is 0 Å². The summed E-state index contributed by atoms with van der Waals surface area (Å²) in [6, 6.07) is 16.5. The van der Waals surface area contributed by atoms with Crippen molar-refractivity contribution in [1.82, 2.24) is 10.3 Å². The number of hydrogen-bond acceptors (Lipinski definition) is 2. The Morgan fingerprint density at radius 1 is 0.960 bits per heavy atom. The van der Waals surface area contributed by atoms with E-state index in [1.54, 1.807) is 18.3 Å². The van der Waals surface area contributed by atoms with Crippen molar-refractivity contribution in [1.29, 1.82) is 0 Å². The van der Waals surface area contributed by atoms with Crippen LogP contribution in [-0.2, 0) is 0 Å². The quantitative estimate of drug-likeness (QED) is 0.746. The number of rotatable bonds is 4. The fraction of sp³-hybridized carbons (Fsp3) is 0.0526. The van der Waals surface area contributed by atoms with Gasteiger partial charge < -0.3 is 10.6 Å². The molecule has 0 aliphatic rings. The third-order valence-corrected chi connectivity index (χ3v) is 3.57. The molecule has 0 spiro atoms. The fourth-order valence-corrected chi connectivity index (χ4v) is 2.40. The summed E-state index contributed by atoms with van der Waals surface area (Å²) < 4.78 is 26.7. The summed E-state index contributed by atoms with van der Waals surface area (Å²) in [5.41, 5.74) is 1.37. The molecule has 0 saturated carbocycles. The van der Waals surface area contributed by atoms with Gasteiger partial charge in [0.2, 0.25) is 0 Å². The van der Waals surface area contributed by atoms with Gasteiger partial charge in [0.05, 0.1) is 17.4 Å². The predicted octanol–water partition coefficient (Wildman–Crippen LogP) is 4.27. The number of nitrogens with zero attached hydrogens (tertiary/aromatic N) is 1.